The number of carboxylic acid groups (broad SMARTS) is 1. The summed E-state index contributed by atoms with van der Waals surface area (Å²) in [6, 6.07) is 17.7. The molecule has 3 aromatic carbocycles. The van der Waals surface area contributed by atoms with Gasteiger partial charge in [-0.2, -0.15) is 13.2 Å². The minimum Gasteiger partial charge on any atom is -1.00 e. The Morgan fingerprint density at radius 1 is 0.615 bits per heavy atom. The quantitative estimate of drug-likeness (QED) is 0.0184. The van der Waals surface area contributed by atoms with Crippen molar-refractivity contribution in [3.8, 4) is 0 Å². The number of nitrogens with one attached hydrogen (secondary N) is 5. The number of piperidine rings is 1. The van der Waals surface area contributed by atoms with Gasteiger partial charge in [-0.1, -0.05) is 48.8 Å². The van der Waals surface area contributed by atoms with Gasteiger partial charge in [0.15, 0.2) is 67.6 Å². The number of hydrogen-bond acceptors (Lipinski definition) is 22. The van der Waals surface area contributed by atoms with Crippen LogP contribution in [0, 0.1) is 0 Å². The molecule has 13 N–H and O–H groups in total. The normalized spacial score (nSPS) is 12.1. The van der Waals surface area contributed by atoms with Gasteiger partial charge in [0.1, 0.15) is 48.2 Å². The molecule has 7 heterocycles. The van der Waals surface area contributed by atoms with Crippen LogP contribution in [0.2, 0.25) is 15.5 Å². The number of likely N-dealkylation sites (N-methyl/N-ethyl adjacent to an activating group) is 2. The molecule has 1 saturated heterocycles. The summed E-state index contributed by atoms with van der Waals surface area (Å²) in [4.78, 5) is 114. The molecule has 6 aromatic heterocycles. The Bertz CT molecular complexity index is 5090. The number of rotatable bonds is 29. The largest absolute Gasteiger partial charge is 1.00 e. The van der Waals surface area contributed by atoms with Gasteiger partial charge < -0.3 is 95.8 Å². The average molecular weight is 1730 g/mol. The number of benzene rings is 3. The maximum absolute atomic E-state index is 13.0. The van der Waals surface area contributed by atoms with Crippen molar-refractivity contribution < 1.29 is 87.2 Å². The molecule has 1 fully saturated rings. The molecule has 9 aromatic rings. The second-order valence-electron chi connectivity index (χ2n) is 26.8. The zero-order valence-corrected chi connectivity index (χ0v) is 70.3. The number of alkyl halides is 3. The van der Waals surface area contributed by atoms with Crippen molar-refractivity contribution >= 4 is 140 Å². The van der Waals surface area contributed by atoms with Crippen LogP contribution in [0.25, 0.3) is 38.8 Å². The summed E-state index contributed by atoms with van der Waals surface area (Å²) in [7, 11) is 3.53. The summed E-state index contributed by atoms with van der Waals surface area (Å²) >= 11 is 17.6. The first kappa shape index (κ1) is 97.2. The number of imidazole rings is 3. The lowest BCUT2D eigenvalue weighted by atomic mass is 10.0. The van der Waals surface area contributed by atoms with Crippen molar-refractivity contribution in [2.75, 3.05) is 104 Å². The Morgan fingerprint density at radius 3 is 1.33 bits per heavy atom. The van der Waals surface area contributed by atoms with Crippen molar-refractivity contribution in [2.45, 2.75) is 133 Å². The first-order valence-electron chi connectivity index (χ1n) is 36.8. The second kappa shape index (κ2) is 44.2. The lowest BCUT2D eigenvalue weighted by molar-refractivity contribution is -0.676. The van der Waals surface area contributed by atoms with Crippen LogP contribution in [0.5, 0.6) is 0 Å². The number of nitrogen functional groups attached to an aromatic ring is 3. The van der Waals surface area contributed by atoms with Gasteiger partial charge in [-0.25, -0.2) is 57.3 Å². The highest BCUT2D eigenvalue weighted by Crippen LogP contribution is 2.35. The molecular formula is C75H103Cl4F3N24O10P+. The molecule has 0 radical (unpaired) electrons. The first-order valence-corrected chi connectivity index (χ1v) is 40.7. The van der Waals surface area contributed by atoms with Crippen LogP contribution < -0.4 is 80.7 Å². The van der Waals surface area contributed by atoms with Gasteiger partial charge in [0.2, 0.25) is 5.91 Å². The van der Waals surface area contributed by atoms with E-state index in [9.17, 15) is 46.5 Å². The number of amides is 6. The minimum absolute atomic E-state index is 0. The number of carboxylic acids is 1. The summed E-state index contributed by atoms with van der Waals surface area (Å²) < 4.78 is 61.3. The van der Waals surface area contributed by atoms with Crippen molar-refractivity contribution in [3.05, 3.63) is 146 Å². The highest BCUT2D eigenvalue weighted by molar-refractivity contribution is 7.62. The lowest BCUT2D eigenvalue weighted by Gasteiger charge is -2.35. The number of halogens is 7. The van der Waals surface area contributed by atoms with Gasteiger partial charge in [-0.05, 0) is 124 Å². The Morgan fingerprint density at radius 2 is 0.983 bits per heavy atom. The van der Waals surface area contributed by atoms with E-state index in [4.69, 9.17) is 72.4 Å². The number of carbonyl (C=O) groups excluding carboxylic acids is 7. The maximum atomic E-state index is 13.0. The Hall–Kier alpha value is -10.4. The molecule has 34 nitrogen and oxygen atoms in total. The van der Waals surface area contributed by atoms with Gasteiger partial charge >= 0.3 is 6.18 Å². The molecule has 117 heavy (non-hydrogen) atoms. The van der Waals surface area contributed by atoms with Gasteiger partial charge in [0.25, 0.3) is 47.0 Å². The molecule has 1 aliphatic rings. The van der Waals surface area contributed by atoms with Gasteiger partial charge in [-0.15, -0.1) is 0 Å². The summed E-state index contributed by atoms with van der Waals surface area (Å²) in [5.41, 5.74) is 31.8. The number of aromatic nitrogens is 12. The Kier molecular flexibility index (Phi) is 36.7. The molecule has 0 saturated carbocycles. The van der Waals surface area contributed by atoms with Crippen molar-refractivity contribution in [2.24, 2.45) is 5.73 Å². The maximum Gasteiger partial charge on any atom is 0.430 e. The van der Waals surface area contributed by atoms with Crippen molar-refractivity contribution in [1.82, 2.24) is 84.9 Å². The third-order valence-corrected chi connectivity index (χ3v) is 19.6. The molecule has 0 aliphatic carbocycles. The number of likely N-dealkylation sites (tertiary alicyclic amines) is 1. The number of fused-ring (bicyclic) bond motifs is 3. The number of aliphatic carboxylic acids is 1. The number of hydrogen-bond donors (Lipinski definition) is 9. The highest BCUT2D eigenvalue weighted by Gasteiger charge is 2.32. The van der Waals surface area contributed by atoms with Crippen LogP contribution in [-0.2, 0) is 77.8 Å². The van der Waals surface area contributed by atoms with Gasteiger partial charge in [0, 0.05) is 80.3 Å². The summed E-state index contributed by atoms with van der Waals surface area (Å²) in [6.07, 6.45) is 0.569. The van der Waals surface area contributed by atoms with E-state index in [1.165, 1.54) is 18.6 Å². The second-order valence-corrected chi connectivity index (χ2v) is 31.4. The first-order chi connectivity index (χ1) is 54.4. The zero-order chi connectivity index (χ0) is 84.9. The van der Waals surface area contributed by atoms with Crippen LogP contribution in [-0.4, -0.2) is 199 Å². The Balaban J connectivity index is 0.000000298. The van der Waals surface area contributed by atoms with E-state index in [-0.39, 0.29) is 133 Å². The van der Waals surface area contributed by atoms with Crippen molar-refractivity contribution in [1.29, 1.82) is 0 Å². The molecule has 42 heteroatoms. The molecule has 10 rings (SSSR count). The van der Waals surface area contributed by atoms with E-state index in [2.05, 4.69) is 123 Å². The third kappa shape index (κ3) is 25.6. The molecule has 636 valence electrons. The van der Waals surface area contributed by atoms with Crippen LogP contribution >= 0.6 is 41.9 Å². The topological polar surface area (TPSA) is 447 Å². The van der Waals surface area contributed by atoms with Gasteiger partial charge in [-0.3, -0.25) is 28.8 Å². The number of nitrogens with zero attached hydrogens (tertiary/aromatic N) is 15. The van der Waals surface area contributed by atoms with E-state index in [1.807, 2.05) is 88.6 Å². The number of nitrogens with two attached hydrogens (primary N) is 4. The van der Waals surface area contributed by atoms with Crippen LogP contribution in [0.1, 0.15) is 137 Å². The van der Waals surface area contributed by atoms with Crippen molar-refractivity contribution in [3.63, 3.8) is 0 Å². The summed E-state index contributed by atoms with van der Waals surface area (Å²) in [5, 5.41) is 23.5. The Labute approximate surface area is 697 Å². The molecular weight excluding hydrogens is 1630 g/mol. The third-order valence-electron chi connectivity index (χ3n) is 18.3. The molecule has 0 atom stereocenters. The predicted octanol–water partition coefficient (Wildman–Crippen LogP) is 2.18. The van der Waals surface area contributed by atoms with E-state index in [1.54, 1.807) is 24.3 Å². The molecule has 6 amide bonds. The fraction of sp³-hybridized carbons (Fsp3) is 0.440. The minimum atomic E-state index is -5.19. The zero-order valence-electron chi connectivity index (χ0n) is 66.3. The molecule has 0 unspecified atom stereocenters. The molecule has 0 spiro atoms. The SMILES string of the molecule is C.C=C(c1ccc2c(c1)n(CC)c(CNC(=O)c1nc(Cl)cnc1N)[n+]2CC)N1CCC(NC(=O)CN)CC1.CCn1c(CNC(=O)c2nc(Cl)cnc2N)[n+](CC)c2ccc(C(=O)N(C)CCN(C)C)cc21.CCn1c(CNC(=O)c2nc(Cl)cnc2N)[n+](CC)c2ccc(C(=O)NCCOCP(C)(C)=O)cc21.O=C([O-])C(F)(F)F.[Cl-]. The predicted molar refractivity (Wildman–Crippen MR) is 435 cm³/mol. The summed E-state index contributed by atoms with van der Waals surface area (Å²) in [6.45, 7) is 28.4. The molecule has 0 bridgehead atoms. The molecule has 1 aliphatic heterocycles. The summed E-state index contributed by atoms with van der Waals surface area (Å²) in [5.74, 6) is -2.02. The average Bonchev–Trinajstić information content (AvgIpc) is 1.63. The number of anilines is 3. The number of carbonyl (C=O) groups is 7. The lowest BCUT2D eigenvalue weighted by Crippen LogP contribution is -3.00. The van der Waals surface area contributed by atoms with E-state index in [0.29, 0.717) is 50.4 Å². The fourth-order valence-electron chi connectivity index (χ4n) is 12.7. The highest BCUT2D eigenvalue weighted by atomic mass is 35.5. The van der Waals surface area contributed by atoms with E-state index < -0.39 is 37.0 Å². The number of aryl methyl sites for hydroxylation is 6. The van der Waals surface area contributed by atoms with Crippen LogP contribution in [0.4, 0.5) is 30.6 Å². The van der Waals surface area contributed by atoms with E-state index >= 15 is 0 Å². The number of ether oxygens (including phenoxy) is 1. The standard InChI is InChI=1S/C26H34ClN9O2.C23H31ClN8O2.C23H31ClN7O4P.C2HF3O2.CH4.ClH/c1-4-35-19-7-6-17(16(3)34-10-8-18(9-11-34)32-22(37)13-28)12-20(19)36(5-2)23(35)15-31-26(38)24-25(29)30-14-21(27)33-24;1-6-31-16-9-8-15(23(34)30(5)11-10-29(3)4)12-17(16)32(7-2)19(31)14-27-22(33)20-21(25)26-13-18(24)28-20;1-5-30-16-8-7-15(22(32)26-9-10-35-14-36(3,4)34)11-17(16)31(6-2)19(30)13-28-23(33)20-21(25)27-12-18(24)29-20;3-2(4,5)1(6)7;;/h6-7,12,14,18H,3-5,8-11,13,15,28H2,1-2H3,(H3-,29,30,31,32,37,38);8-9,12-13H,6-7,10-11,14H2,1-5H3,(H2-,25,26,27,33);7-8,11-12H,5-6,9-10,13-14H2,1-4H3,(H3-,25,26,27,28,32,33);(H,6,7);1H4;1H/p+1. The fourth-order valence-corrected chi connectivity index (χ4v) is 13.7. The van der Waals surface area contributed by atoms with Crippen LogP contribution in [0.3, 0.4) is 0 Å². The van der Waals surface area contributed by atoms with Crippen LogP contribution in [0.15, 0.2) is 79.8 Å². The smallest absolute Gasteiger partial charge is 0.430 e. The monoisotopic (exact) mass is 1730 g/mol. The van der Waals surface area contributed by atoms with Gasteiger partial charge in [0.05, 0.1) is 77.4 Å². The van der Waals surface area contributed by atoms with E-state index in [0.717, 1.165) is 107 Å².